The molecule has 0 aromatic heterocycles. The smallest absolute Gasteiger partial charge is 0.306 e. The van der Waals surface area contributed by atoms with Crippen molar-refractivity contribution in [2.75, 3.05) is 13.2 Å². The molecule has 0 rings (SSSR count). The van der Waals surface area contributed by atoms with E-state index < -0.39 is 6.10 Å². The van der Waals surface area contributed by atoms with E-state index in [1.165, 1.54) is 109 Å². The topological polar surface area (TPSA) is 78.9 Å². The van der Waals surface area contributed by atoms with Crippen LogP contribution >= 0.6 is 0 Å². The molecule has 0 aliphatic rings. The van der Waals surface area contributed by atoms with Gasteiger partial charge in [-0.3, -0.25) is 14.4 Å². The van der Waals surface area contributed by atoms with Gasteiger partial charge in [-0.05, 0) is 128 Å². The van der Waals surface area contributed by atoms with Crippen LogP contribution in [0.4, 0.5) is 0 Å². The largest absolute Gasteiger partial charge is 0.462 e. The third-order valence-electron chi connectivity index (χ3n) is 12.7. The Balaban J connectivity index is 4.45. The Hall–Kier alpha value is -3.93. The van der Waals surface area contributed by atoms with Gasteiger partial charge < -0.3 is 14.2 Å². The van der Waals surface area contributed by atoms with E-state index in [0.717, 1.165) is 128 Å². The van der Waals surface area contributed by atoms with Crippen LogP contribution in [0.2, 0.25) is 0 Å². The third kappa shape index (κ3) is 58.8. The zero-order valence-corrected chi connectivity index (χ0v) is 47.6. The number of carbonyl (C=O) groups excluding carboxylic acids is 3. The Labute approximate surface area is 450 Å². The first-order valence-corrected chi connectivity index (χ1v) is 30.4. The Bertz CT molecular complexity index is 1490. The van der Waals surface area contributed by atoms with E-state index in [1.54, 1.807) is 0 Å². The zero-order chi connectivity index (χ0) is 52.9. The summed E-state index contributed by atoms with van der Waals surface area (Å²) in [6, 6.07) is 0. The number of ether oxygens (including phenoxy) is 3. The van der Waals surface area contributed by atoms with Gasteiger partial charge in [0.1, 0.15) is 13.2 Å². The number of allylic oxidation sites excluding steroid dienone is 18. The predicted octanol–water partition coefficient (Wildman–Crippen LogP) is 20.7. The molecule has 1 unspecified atom stereocenters. The highest BCUT2D eigenvalue weighted by molar-refractivity contribution is 5.71. The van der Waals surface area contributed by atoms with Crippen LogP contribution in [0.1, 0.15) is 278 Å². The fraction of sp³-hybridized carbons (Fsp3) is 0.687. The maximum atomic E-state index is 12.9. The molecule has 0 aliphatic heterocycles. The molecule has 0 saturated carbocycles. The van der Waals surface area contributed by atoms with Crippen molar-refractivity contribution < 1.29 is 28.6 Å². The van der Waals surface area contributed by atoms with Crippen molar-refractivity contribution in [3.63, 3.8) is 0 Å². The Morgan fingerprint density at radius 3 is 0.863 bits per heavy atom. The molecule has 0 N–H and O–H groups in total. The average Bonchev–Trinajstić information content (AvgIpc) is 3.39. The second-order valence-electron chi connectivity index (χ2n) is 19.9. The van der Waals surface area contributed by atoms with Crippen molar-refractivity contribution in [2.24, 2.45) is 0 Å². The fourth-order valence-electron chi connectivity index (χ4n) is 8.18. The van der Waals surface area contributed by atoms with Gasteiger partial charge in [0.2, 0.25) is 0 Å². The van der Waals surface area contributed by atoms with Crippen LogP contribution in [0.25, 0.3) is 0 Å². The number of hydrogen-bond donors (Lipinski definition) is 0. The molecule has 0 spiro atoms. The van der Waals surface area contributed by atoms with Gasteiger partial charge in [0.15, 0.2) is 6.10 Å². The van der Waals surface area contributed by atoms with Crippen molar-refractivity contribution >= 4 is 17.9 Å². The lowest BCUT2D eigenvalue weighted by Gasteiger charge is -2.18. The van der Waals surface area contributed by atoms with Crippen LogP contribution in [0.5, 0.6) is 0 Å². The maximum Gasteiger partial charge on any atom is 0.306 e. The monoisotopic (exact) mass is 1010 g/mol. The first-order valence-electron chi connectivity index (χ1n) is 30.4. The minimum Gasteiger partial charge on any atom is -0.462 e. The Morgan fingerprint density at radius 2 is 0.534 bits per heavy atom. The zero-order valence-electron chi connectivity index (χ0n) is 47.6. The highest BCUT2D eigenvalue weighted by atomic mass is 16.6. The van der Waals surface area contributed by atoms with Crippen LogP contribution in [0.15, 0.2) is 109 Å². The summed E-state index contributed by atoms with van der Waals surface area (Å²) in [7, 11) is 0. The molecule has 73 heavy (non-hydrogen) atoms. The Kier molecular flexibility index (Phi) is 57.4. The van der Waals surface area contributed by atoms with Crippen LogP contribution in [0, 0.1) is 0 Å². The van der Waals surface area contributed by atoms with Crippen molar-refractivity contribution in [3.05, 3.63) is 109 Å². The second-order valence-corrected chi connectivity index (χ2v) is 19.9. The lowest BCUT2D eigenvalue weighted by Crippen LogP contribution is -2.30. The number of esters is 3. The van der Waals surface area contributed by atoms with Crippen LogP contribution in [0.3, 0.4) is 0 Å². The van der Waals surface area contributed by atoms with Crippen molar-refractivity contribution in [1.29, 1.82) is 0 Å². The molecule has 0 heterocycles. The van der Waals surface area contributed by atoms with E-state index in [1.807, 2.05) is 0 Å². The fourth-order valence-corrected chi connectivity index (χ4v) is 8.18. The van der Waals surface area contributed by atoms with Crippen LogP contribution in [-0.4, -0.2) is 37.2 Å². The number of unbranched alkanes of at least 4 members (excludes halogenated alkanes) is 25. The van der Waals surface area contributed by atoms with Gasteiger partial charge in [-0.25, -0.2) is 0 Å². The summed E-state index contributed by atoms with van der Waals surface area (Å²) in [5.41, 5.74) is 0. The molecular formula is C67H112O6. The second kappa shape index (κ2) is 60.6. The molecule has 0 amide bonds. The van der Waals surface area contributed by atoms with Gasteiger partial charge in [-0.2, -0.15) is 0 Å². The summed E-state index contributed by atoms with van der Waals surface area (Å²) in [5.74, 6) is -0.944. The van der Waals surface area contributed by atoms with Crippen LogP contribution < -0.4 is 0 Å². The lowest BCUT2D eigenvalue weighted by atomic mass is 10.1. The molecule has 0 aliphatic carbocycles. The molecule has 0 bridgehead atoms. The summed E-state index contributed by atoms with van der Waals surface area (Å²) >= 11 is 0. The summed E-state index contributed by atoms with van der Waals surface area (Å²) in [4.78, 5) is 38.2. The van der Waals surface area contributed by atoms with Gasteiger partial charge in [0, 0.05) is 19.3 Å². The van der Waals surface area contributed by atoms with Gasteiger partial charge in [-0.1, -0.05) is 239 Å². The number of carbonyl (C=O) groups is 3. The summed E-state index contributed by atoms with van der Waals surface area (Å²) < 4.78 is 16.9. The summed E-state index contributed by atoms with van der Waals surface area (Å²) in [5, 5.41) is 0. The van der Waals surface area contributed by atoms with E-state index >= 15 is 0 Å². The average molecular weight is 1010 g/mol. The minimum atomic E-state index is -0.802. The highest BCUT2D eigenvalue weighted by Gasteiger charge is 2.19. The van der Waals surface area contributed by atoms with Crippen LogP contribution in [-0.2, 0) is 28.6 Å². The molecule has 0 radical (unpaired) electrons. The van der Waals surface area contributed by atoms with E-state index in [4.69, 9.17) is 14.2 Å². The van der Waals surface area contributed by atoms with Gasteiger partial charge in [0.05, 0.1) is 0 Å². The molecule has 6 heteroatoms. The van der Waals surface area contributed by atoms with E-state index in [-0.39, 0.29) is 31.1 Å². The SMILES string of the molecule is CC/C=C\C/C=C\C/C=C\C/C=C\C/C=C\C/C=C\C/C=C\CCCCCC(=O)OCC(COC(=O)CCCCCCC/C=C\CCCCCCCC)OC(=O)CCCCCCC/C=C\CCCCCCCC. The normalized spacial score (nSPS) is 12.9. The molecule has 416 valence electrons. The van der Waals surface area contributed by atoms with Crippen molar-refractivity contribution in [1.82, 2.24) is 0 Å². The first-order chi connectivity index (χ1) is 36.0. The minimum absolute atomic E-state index is 0.0970. The van der Waals surface area contributed by atoms with E-state index in [0.29, 0.717) is 19.3 Å². The Morgan fingerprint density at radius 1 is 0.288 bits per heavy atom. The molecule has 0 saturated heterocycles. The molecule has 0 aromatic rings. The highest BCUT2D eigenvalue weighted by Crippen LogP contribution is 2.14. The summed E-state index contributed by atoms with van der Waals surface area (Å²) in [6.07, 6.45) is 82.2. The predicted molar refractivity (Wildman–Crippen MR) is 316 cm³/mol. The third-order valence-corrected chi connectivity index (χ3v) is 12.7. The van der Waals surface area contributed by atoms with E-state index in [2.05, 4.69) is 130 Å². The van der Waals surface area contributed by atoms with E-state index in [9.17, 15) is 14.4 Å². The van der Waals surface area contributed by atoms with Gasteiger partial charge in [0.25, 0.3) is 0 Å². The standard InChI is InChI=1S/C67H112O6/c1-4-7-10-13-16-19-22-25-28-29-30-31-32-33-34-35-36-37-40-42-45-48-51-54-57-60-66(69)72-63-64(73-67(70)61-58-55-52-49-46-43-39-27-24-21-18-15-12-9-6-3)62-71-65(68)59-56-53-50-47-44-41-38-26-23-20-17-14-11-8-5-2/h7,10,16,19,25-28,30-31,33-34,36-39,42,45,64H,4-6,8-9,11-15,17-18,20-24,29,32,35,40-41,43-44,46-63H2,1-3H3/b10-7-,19-16-,28-25-,31-30-,34-33-,37-36-,38-26-,39-27-,45-42-. The van der Waals surface area contributed by atoms with Crippen molar-refractivity contribution in [2.45, 2.75) is 284 Å². The first kappa shape index (κ1) is 69.1. The number of rotatable bonds is 54. The van der Waals surface area contributed by atoms with Gasteiger partial charge in [-0.15, -0.1) is 0 Å². The molecule has 0 aromatic carbocycles. The lowest BCUT2D eigenvalue weighted by molar-refractivity contribution is -0.167. The maximum absolute atomic E-state index is 12.9. The van der Waals surface area contributed by atoms with Crippen molar-refractivity contribution in [3.8, 4) is 0 Å². The quantitative estimate of drug-likeness (QED) is 0.0261. The molecule has 0 fully saturated rings. The molecular weight excluding hydrogens is 901 g/mol. The molecule has 1 atom stereocenters. The summed E-state index contributed by atoms with van der Waals surface area (Å²) in [6.45, 7) is 6.48. The van der Waals surface area contributed by atoms with Gasteiger partial charge >= 0.3 is 17.9 Å². The molecule has 6 nitrogen and oxygen atoms in total. The number of hydrogen-bond acceptors (Lipinski definition) is 6.